The lowest BCUT2D eigenvalue weighted by Crippen LogP contribution is -2.32. The Bertz CT molecular complexity index is 276. The molecule has 1 aliphatic heterocycles. The van der Waals surface area contributed by atoms with Gasteiger partial charge < -0.3 is 5.32 Å². The average molecular weight is 217 g/mol. The van der Waals surface area contributed by atoms with Crippen molar-refractivity contribution < 1.29 is 8.42 Å². The molecule has 0 aromatic carbocycles. The molecule has 1 N–H and O–H groups in total. The van der Waals surface area contributed by atoms with Gasteiger partial charge in [-0.15, -0.1) is 0 Å². The molecule has 0 unspecified atom stereocenters. The summed E-state index contributed by atoms with van der Waals surface area (Å²) in [6.07, 6.45) is 4.32. The molecule has 3 nitrogen and oxygen atoms in total. The molecular weight excluding hydrogens is 198 g/mol. The lowest BCUT2D eigenvalue weighted by atomic mass is 10.0. The lowest BCUT2D eigenvalue weighted by molar-refractivity contribution is 0.401. The number of nitrogens with one attached hydrogen (secondary N) is 1. The highest BCUT2D eigenvalue weighted by atomic mass is 32.2. The number of sulfone groups is 1. The van der Waals surface area contributed by atoms with E-state index in [0.717, 1.165) is 38.8 Å². The van der Waals surface area contributed by atoms with Gasteiger partial charge in [-0.1, -0.05) is 0 Å². The van der Waals surface area contributed by atoms with Crippen molar-refractivity contribution in [3.8, 4) is 0 Å². The smallest absolute Gasteiger partial charge is 0.150 e. The first-order valence-electron chi connectivity index (χ1n) is 5.57. The molecule has 82 valence electrons. The van der Waals surface area contributed by atoms with Crippen LogP contribution in [-0.2, 0) is 9.84 Å². The largest absolute Gasteiger partial charge is 0.317 e. The van der Waals surface area contributed by atoms with Crippen molar-refractivity contribution in [1.29, 1.82) is 0 Å². The molecule has 4 heteroatoms. The maximum atomic E-state index is 11.7. The average Bonchev–Trinajstić information content (AvgIpc) is 2.88. The lowest BCUT2D eigenvalue weighted by Gasteiger charge is -2.22. The molecule has 14 heavy (non-hydrogen) atoms. The summed E-state index contributed by atoms with van der Waals surface area (Å²) in [6.45, 7) is 1.98. The fourth-order valence-electron chi connectivity index (χ4n) is 2.12. The van der Waals surface area contributed by atoms with Gasteiger partial charge in [0.2, 0.25) is 0 Å². The van der Waals surface area contributed by atoms with Crippen molar-refractivity contribution >= 4 is 9.84 Å². The van der Waals surface area contributed by atoms with Gasteiger partial charge in [-0.2, -0.15) is 0 Å². The summed E-state index contributed by atoms with van der Waals surface area (Å²) >= 11 is 0. The third-order valence-electron chi connectivity index (χ3n) is 3.13. The molecular formula is C10H19NO2S. The van der Waals surface area contributed by atoms with Gasteiger partial charge >= 0.3 is 0 Å². The van der Waals surface area contributed by atoms with E-state index in [1.807, 2.05) is 0 Å². The number of hydrogen-bond acceptors (Lipinski definition) is 3. The molecule has 1 saturated heterocycles. The Morgan fingerprint density at radius 3 is 1.93 bits per heavy atom. The van der Waals surface area contributed by atoms with Crippen LogP contribution in [0.5, 0.6) is 0 Å². The van der Waals surface area contributed by atoms with E-state index in [4.69, 9.17) is 0 Å². The predicted molar refractivity (Wildman–Crippen MR) is 57.0 cm³/mol. The van der Waals surface area contributed by atoms with E-state index < -0.39 is 9.84 Å². The van der Waals surface area contributed by atoms with E-state index in [-0.39, 0.29) is 0 Å². The van der Waals surface area contributed by atoms with E-state index in [2.05, 4.69) is 5.32 Å². The topological polar surface area (TPSA) is 46.2 Å². The fraction of sp³-hybridized carbons (Fsp3) is 1.00. The maximum Gasteiger partial charge on any atom is 0.150 e. The molecule has 0 aromatic rings. The summed E-state index contributed by atoms with van der Waals surface area (Å²) in [5, 5.41) is 3.26. The maximum absolute atomic E-state index is 11.7. The molecule has 0 aromatic heterocycles. The van der Waals surface area contributed by atoms with E-state index in [9.17, 15) is 8.42 Å². The van der Waals surface area contributed by atoms with Gasteiger partial charge in [-0.25, -0.2) is 8.42 Å². The zero-order chi connectivity index (χ0) is 10.0. The zero-order valence-corrected chi connectivity index (χ0v) is 9.35. The highest BCUT2D eigenvalue weighted by Crippen LogP contribution is 2.31. The second-order valence-corrected chi connectivity index (χ2v) is 6.87. The summed E-state index contributed by atoms with van der Waals surface area (Å²) in [6, 6.07) is 0. The molecule has 2 fully saturated rings. The minimum Gasteiger partial charge on any atom is -0.317 e. The molecule has 0 spiro atoms. The number of hydrogen-bond donors (Lipinski definition) is 1. The Balaban J connectivity index is 1.81. The minimum absolute atomic E-state index is 0.417. The van der Waals surface area contributed by atoms with Crippen LogP contribution in [0, 0.1) is 11.8 Å². The quantitative estimate of drug-likeness (QED) is 0.758. The Hall–Kier alpha value is -0.0900. The van der Waals surface area contributed by atoms with Gasteiger partial charge in [0.05, 0.1) is 11.5 Å². The van der Waals surface area contributed by atoms with Crippen LogP contribution in [0.2, 0.25) is 0 Å². The molecule has 1 aliphatic carbocycles. The predicted octanol–water partition coefficient (Wildman–Crippen LogP) is 0.811. The fourth-order valence-corrected chi connectivity index (χ4v) is 4.36. The Morgan fingerprint density at radius 1 is 0.929 bits per heavy atom. The SMILES string of the molecule is O=S(=O)(CC1CCNCC1)CC1CC1. The second kappa shape index (κ2) is 4.19. The van der Waals surface area contributed by atoms with E-state index in [1.54, 1.807) is 0 Å². The van der Waals surface area contributed by atoms with E-state index >= 15 is 0 Å². The first-order chi connectivity index (χ1) is 6.66. The minimum atomic E-state index is -2.75. The highest BCUT2D eigenvalue weighted by Gasteiger charge is 2.29. The zero-order valence-electron chi connectivity index (χ0n) is 8.54. The van der Waals surface area contributed by atoms with Crippen LogP contribution >= 0.6 is 0 Å². The third-order valence-corrected chi connectivity index (χ3v) is 5.09. The Kier molecular flexibility index (Phi) is 3.12. The molecule has 0 radical (unpaired) electrons. The van der Waals surface area contributed by atoms with Crippen molar-refractivity contribution in [3.05, 3.63) is 0 Å². The molecule has 1 saturated carbocycles. The summed E-state index contributed by atoms with van der Waals surface area (Å²) in [7, 11) is -2.75. The van der Waals surface area contributed by atoms with Crippen LogP contribution < -0.4 is 5.32 Å². The summed E-state index contributed by atoms with van der Waals surface area (Å²) in [5.74, 6) is 1.81. The molecule has 2 rings (SSSR count). The Morgan fingerprint density at radius 2 is 1.43 bits per heavy atom. The van der Waals surface area contributed by atoms with Crippen molar-refractivity contribution in [2.45, 2.75) is 25.7 Å². The van der Waals surface area contributed by atoms with Crippen LogP contribution in [0.25, 0.3) is 0 Å². The third kappa shape index (κ3) is 3.24. The summed E-state index contributed by atoms with van der Waals surface area (Å²) < 4.78 is 23.5. The van der Waals surface area contributed by atoms with E-state index in [1.165, 1.54) is 0 Å². The molecule has 1 heterocycles. The van der Waals surface area contributed by atoms with Gasteiger partial charge in [0.15, 0.2) is 9.84 Å². The van der Waals surface area contributed by atoms with Crippen molar-refractivity contribution in [2.24, 2.45) is 11.8 Å². The van der Waals surface area contributed by atoms with Crippen molar-refractivity contribution in [2.75, 3.05) is 24.6 Å². The normalized spacial score (nSPS) is 25.1. The van der Waals surface area contributed by atoms with Gasteiger partial charge in [0.1, 0.15) is 0 Å². The Labute approximate surface area is 86.2 Å². The summed E-state index contributed by atoms with van der Waals surface area (Å²) in [4.78, 5) is 0. The molecule has 0 atom stereocenters. The van der Waals surface area contributed by atoms with Gasteiger partial charge in [0.25, 0.3) is 0 Å². The van der Waals surface area contributed by atoms with Gasteiger partial charge in [-0.05, 0) is 50.6 Å². The number of piperidine rings is 1. The van der Waals surface area contributed by atoms with E-state index in [0.29, 0.717) is 23.3 Å². The van der Waals surface area contributed by atoms with Crippen LogP contribution in [0.1, 0.15) is 25.7 Å². The second-order valence-electron chi connectivity index (χ2n) is 4.71. The highest BCUT2D eigenvalue weighted by molar-refractivity contribution is 7.91. The van der Waals surface area contributed by atoms with Crippen molar-refractivity contribution in [1.82, 2.24) is 5.32 Å². The first-order valence-corrected chi connectivity index (χ1v) is 7.39. The van der Waals surface area contributed by atoms with Crippen LogP contribution in [0.3, 0.4) is 0 Å². The van der Waals surface area contributed by atoms with Crippen LogP contribution in [0.4, 0.5) is 0 Å². The van der Waals surface area contributed by atoms with Crippen LogP contribution in [0.15, 0.2) is 0 Å². The van der Waals surface area contributed by atoms with Crippen molar-refractivity contribution in [3.63, 3.8) is 0 Å². The molecule has 0 amide bonds. The monoisotopic (exact) mass is 217 g/mol. The van der Waals surface area contributed by atoms with Gasteiger partial charge in [0, 0.05) is 0 Å². The van der Waals surface area contributed by atoms with Gasteiger partial charge in [-0.3, -0.25) is 0 Å². The standard InChI is InChI=1S/C10H19NO2S/c12-14(13,7-9-1-2-9)8-10-3-5-11-6-4-10/h9-11H,1-8H2. The number of rotatable bonds is 4. The molecule has 2 aliphatic rings. The first kappa shape index (κ1) is 10.4. The van der Waals surface area contributed by atoms with Crippen LogP contribution in [-0.4, -0.2) is 33.0 Å². The summed E-state index contributed by atoms with van der Waals surface area (Å²) in [5.41, 5.74) is 0. The molecule has 0 bridgehead atoms.